The molecule has 90 valence electrons. The molecule has 16 heavy (non-hydrogen) atoms. The number of ether oxygens (including phenoxy) is 2. The van der Waals surface area contributed by atoms with Crippen LogP contribution in [-0.2, 0) is 19.2 Å². The minimum atomic E-state index is -1.47. The van der Waals surface area contributed by atoms with Gasteiger partial charge < -0.3 is 9.47 Å². The van der Waals surface area contributed by atoms with Crippen molar-refractivity contribution in [3.8, 4) is 0 Å². The average Bonchev–Trinajstić information content (AvgIpc) is 2.93. The summed E-state index contributed by atoms with van der Waals surface area (Å²) < 4.78 is 9.81. The predicted molar refractivity (Wildman–Crippen MR) is 56.1 cm³/mol. The van der Waals surface area contributed by atoms with Gasteiger partial charge in [0.1, 0.15) is 6.10 Å². The van der Waals surface area contributed by atoms with E-state index in [-0.39, 0.29) is 5.41 Å². The van der Waals surface area contributed by atoms with E-state index < -0.39 is 18.2 Å². The lowest BCUT2D eigenvalue weighted by atomic mass is 9.89. The minimum Gasteiger partial charge on any atom is -0.426 e. The van der Waals surface area contributed by atoms with Gasteiger partial charge in [-0.15, -0.1) is 9.78 Å². The molecule has 0 spiro atoms. The molecule has 0 N–H and O–H groups in total. The third-order valence-corrected chi connectivity index (χ3v) is 2.01. The molecule has 1 fully saturated rings. The summed E-state index contributed by atoms with van der Waals surface area (Å²) in [6.07, 6.45) is 1.41. The van der Waals surface area contributed by atoms with E-state index in [4.69, 9.17) is 9.47 Å². The monoisotopic (exact) mass is 228 g/mol. The Kier molecular flexibility index (Phi) is 3.40. The van der Waals surface area contributed by atoms with Gasteiger partial charge in [0.05, 0.1) is 0 Å². The third-order valence-electron chi connectivity index (χ3n) is 2.01. The van der Waals surface area contributed by atoms with Gasteiger partial charge in [0.25, 0.3) is 0 Å². The van der Waals surface area contributed by atoms with E-state index in [9.17, 15) is 4.79 Å². The topological polar surface area (TPSA) is 60.6 Å². The Hall–Kier alpha value is -1.33. The molecule has 0 aromatic heterocycles. The quantitative estimate of drug-likeness (QED) is 0.320. The van der Waals surface area contributed by atoms with Crippen molar-refractivity contribution < 1.29 is 24.0 Å². The van der Waals surface area contributed by atoms with E-state index in [0.29, 0.717) is 0 Å². The van der Waals surface area contributed by atoms with Crippen molar-refractivity contribution in [2.75, 3.05) is 0 Å². The van der Waals surface area contributed by atoms with E-state index in [1.54, 1.807) is 0 Å². The molecular weight excluding hydrogens is 212 g/mol. The summed E-state index contributed by atoms with van der Waals surface area (Å²) in [5, 5.41) is 0. The molecule has 1 unspecified atom stereocenters. The molecule has 0 radical (unpaired) electrons. The first-order valence-corrected chi connectivity index (χ1v) is 4.85. The Bertz CT molecular complexity index is 298. The van der Waals surface area contributed by atoms with Crippen molar-refractivity contribution in [2.24, 2.45) is 5.41 Å². The van der Waals surface area contributed by atoms with Crippen LogP contribution in [0.15, 0.2) is 25.3 Å². The Balaban J connectivity index is 2.50. The molecule has 1 heterocycles. The molecule has 5 heteroatoms. The third kappa shape index (κ3) is 3.08. The van der Waals surface area contributed by atoms with Crippen molar-refractivity contribution in [3.05, 3.63) is 25.3 Å². The number of hydrogen-bond acceptors (Lipinski definition) is 5. The maximum Gasteiger partial charge on any atom is 0.513 e. The van der Waals surface area contributed by atoms with Crippen LogP contribution in [0.25, 0.3) is 0 Å². The molecule has 0 aromatic carbocycles. The second kappa shape index (κ2) is 4.27. The average molecular weight is 228 g/mol. The number of rotatable bonds is 4. The first-order valence-electron chi connectivity index (χ1n) is 4.85. The van der Waals surface area contributed by atoms with Crippen molar-refractivity contribution >= 4 is 6.16 Å². The number of carbonyl (C=O) groups excluding carboxylic acids is 1. The first kappa shape index (κ1) is 12.7. The fourth-order valence-corrected chi connectivity index (χ4v) is 1.01. The Morgan fingerprint density at radius 2 is 1.94 bits per heavy atom. The zero-order valence-electron chi connectivity index (χ0n) is 9.69. The highest BCUT2D eigenvalue weighted by atomic mass is 17.5. The van der Waals surface area contributed by atoms with Crippen LogP contribution in [0.5, 0.6) is 0 Å². The maximum atomic E-state index is 11.4. The van der Waals surface area contributed by atoms with Gasteiger partial charge in [-0.2, -0.15) is 0 Å². The van der Waals surface area contributed by atoms with Crippen molar-refractivity contribution in [3.63, 3.8) is 0 Å². The minimum absolute atomic E-state index is 0.257. The Labute approximate surface area is 94.5 Å². The molecule has 0 aromatic rings. The van der Waals surface area contributed by atoms with Gasteiger partial charge in [-0.1, -0.05) is 40.0 Å². The molecule has 1 atom stereocenters. The van der Waals surface area contributed by atoms with Crippen molar-refractivity contribution in [1.82, 2.24) is 0 Å². The lowest BCUT2D eigenvalue weighted by Crippen LogP contribution is -2.31. The van der Waals surface area contributed by atoms with Crippen molar-refractivity contribution in [2.45, 2.75) is 32.8 Å². The van der Waals surface area contributed by atoms with Crippen molar-refractivity contribution in [1.29, 1.82) is 0 Å². The van der Waals surface area contributed by atoms with Crippen LogP contribution in [0.3, 0.4) is 0 Å². The molecule has 0 saturated carbocycles. The van der Waals surface area contributed by atoms with E-state index >= 15 is 0 Å². The SMILES string of the molecule is C=CC(OC(=O)OC1(C=C)OO1)C(C)(C)C. The second-order valence-corrected chi connectivity index (χ2v) is 4.47. The Morgan fingerprint density at radius 1 is 1.38 bits per heavy atom. The first-order chi connectivity index (χ1) is 7.33. The summed E-state index contributed by atoms with van der Waals surface area (Å²) in [7, 11) is 0. The molecule has 0 bridgehead atoms. The van der Waals surface area contributed by atoms with Gasteiger partial charge in [-0.05, 0) is 0 Å². The Morgan fingerprint density at radius 3 is 2.25 bits per heavy atom. The smallest absolute Gasteiger partial charge is 0.426 e. The van der Waals surface area contributed by atoms with E-state index in [0.717, 1.165) is 0 Å². The van der Waals surface area contributed by atoms with Crippen LogP contribution in [-0.4, -0.2) is 18.2 Å². The normalized spacial score (nSPS) is 19.4. The summed E-state index contributed by atoms with van der Waals surface area (Å²) in [5.74, 6) is -1.47. The molecule has 1 rings (SSSR count). The fourth-order valence-electron chi connectivity index (χ4n) is 1.01. The highest BCUT2D eigenvalue weighted by molar-refractivity contribution is 5.61. The summed E-state index contributed by atoms with van der Waals surface area (Å²) in [6, 6.07) is 0. The van der Waals surface area contributed by atoms with Crippen LogP contribution in [0, 0.1) is 5.41 Å². The zero-order chi connectivity index (χ0) is 12.4. The highest BCUT2D eigenvalue weighted by Gasteiger charge is 2.52. The highest BCUT2D eigenvalue weighted by Crippen LogP contribution is 2.33. The summed E-state index contributed by atoms with van der Waals surface area (Å²) in [4.78, 5) is 20.3. The van der Waals surface area contributed by atoms with Crippen LogP contribution in [0.1, 0.15) is 20.8 Å². The molecule has 0 amide bonds. The van der Waals surface area contributed by atoms with E-state index in [1.807, 2.05) is 20.8 Å². The largest absolute Gasteiger partial charge is 0.513 e. The van der Waals surface area contributed by atoms with Gasteiger partial charge in [0.15, 0.2) is 0 Å². The number of hydrogen-bond donors (Lipinski definition) is 0. The molecule has 1 saturated heterocycles. The van der Waals surface area contributed by atoms with Gasteiger partial charge in [0, 0.05) is 11.5 Å². The molecule has 0 aliphatic carbocycles. The summed E-state index contributed by atoms with van der Waals surface area (Å²) >= 11 is 0. The lowest BCUT2D eigenvalue weighted by molar-refractivity contribution is -0.0435. The predicted octanol–water partition coefficient (Wildman–Crippen LogP) is 2.54. The molecule has 1 aliphatic heterocycles. The zero-order valence-corrected chi connectivity index (χ0v) is 9.69. The summed E-state index contributed by atoms with van der Waals surface area (Å²) in [5.41, 5.74) is -0.257. The van der Waals surface area contributed by atoms with Gasteiger partial charge in [0.2, 0.25) is 0 Å². The van der Waals surface area contributed by atoms with Gasteiger partial charge in [-0.25, -0.2) is 4.79 Å². The molecule has 1 aliphatic rings. The maximum absolute atomic E-state index is 11.4. The van der Waals surface area contributed by atoms with Crippen LogP contribution >= 0.6 is 0 Å². The number of carbonyl (C=O) groups is 1. The molecule has 5 nitrogen and oxygen atoms in total. The van der Waals surface area contributed by atoms with E-state index in [2.05, 4.69) is 22.9 Å². The second-order valence-electron chi connectivity index (χ2n) is 4.47. The fraction of sp³-hybridized carbons (Fsp3) is 0.545. The molecular formula is C11H16O5. The van der Waals surface area contributed by atoms with Crippen LogP contribution in [0.4, 0.5) is 4.79 Å². The van der Waals surface area contributed by atoms with E-state index in [1.165, 1.54) is 12.2 Å². The standard InChI is InChI=1S/C11H16O5/c1-6-8(10(3,4)5)13-9(12)14-11(7-2)15-16-11/h6-8H,1-2H2,3-5H3. The van der Waals surface area contributed by atoms with Gasteiger partial charge in [-0.3, -0.25) is 0 Å². The lowest BCUT2D eigenvalue weighted by Gasteiger charge is -2.26. The van der Waals surface area contributed by atoms with Crippen LogP contribution < -0.4 is 0 Å². The van der Waals surface area contributed by atoms with Crippen LogP contribution in [0.2, 0.25) is 0 Å². The van der Waals surface area contributed by atoms with Gasteiger partial charge >= 0.3 is 12.1 Å². The summed E-state index contributed by atoms with van der Waals surface area (Å²) in [6.45, 7) is 12.7.